The van der Waals surface area contributed by atoms with E-state index in [1.54, 1.807) is 23.6 Å². The summed E-state index contributed by atoms with van der Waals surface area (Å²) in [6, 6.07) is 22.5. The van der Waals surface area contributed by atoms with Crippen molar-refractivity contribution in [3.8, 4) is 21.9 Å². The summed E-state index contributed by atoms with van der Waals surface area (Å²) in [5.41, 5.74) is 9.02. The number of thiophene rings is 1. The largest absolute Gasteiger partial charge is 0.491 e. The van der Waals surface area contributed by atoms with E-state index in [1.165, 1.54) is 4.88 Å². The Balaban J connectivity index is 0.00000676. The first-order valence-electron chi connectivity index (χ1n) is 23.7. The molecule has 1 atom stereocenters. The van der Waals surface area contributed by atoms with E-state index in [0.29, 0.717) is 120 Å². The lowest BCUT2D eigenvalue weighted by Gasteiger charge is -2.27. The third-order valence-corrected chi connectivity index (χ3v) is 14.1. The van der Waals surface area contributed by atoms with Gasteiger partial charge in [-0.3, -0.25) is 23.9 Å². The Hall–Kier alpha value is -5.79. The maximum atomic E-state index is 13.7. The van der Waals surface area contributed by atoms with Crippen LogP contribution in [0.4, 0.5) is 5.82 Å². The number of morpholine rings is 1. The molecule has 6 aromatic rings. The number of hydrogen-bond donors (Lipinski definition) is 1. The number of ketones is 2. The van der Waals surface area contributed by atoms with Crippen molar-refractivity contribution in [1.29, 1.82) is 0 Å². The highest BCUT2D eigenvalue weighted by molar-refractivity contribution is 7.59. The number of rotatable bonds is 21. The molecular weight excluding hydrogens is 962 g/mol. The first-order valence-corrected chi connectivity index (χ1v) is 24.9. The van der Waals surface area contributed by atoms with Gasteiger partial charge in [-0.1, -0.05) is 54.1 Å². The van der Waals surface area contributed by atoms with E-state index in [9.17, 15) is 14.4 Å². The minimum absolute atomic E-state index is 0. The smallest absolute Gasteiger partial charge is 0.254 e. The fourth-order valence-corrected chi connectivity index (χ4v) is 10.2. The number of nitrogens with one attached hydrogen (secondary N) is 1. The number of halogens is 1. The first-order chi connectivity index (χ1) is 34.1. The topological polar surface area (TPSA) is 169 Å². The van der Waals surface area contributed by atoms with Gasteiger partial charge in [-0.2, -0.15) is 13.5 Å². The lowest BCUT2D eigenvalue weighted by atomic mass is 9.97. The van der Waals surface area contributed by atoms with Crippen LogP contribution in [0.25, 0.3) is 16.1 Å². The van der Waals surface area contributed by atoms with E-state index in [2.05, 4.69) is 38.9 Å². The monoisotopic (exact) mass is 1020 g/mol. The summed E-state index contributed by atoms with van der Waals surface area (Å²) in [7, 11) is 0. The number of anilines is 1. The van der Waals surface area contributed by atoms with Crippen molar-refractivity contribution in [1.82, 2.24) is 24.6 Å². The fraction of sp³-hybridized carbons (Fsp3) is 0.377. The highest BCUT2D eigenvalue weighted by Crippen LogP contribution is 2.40. The fourth-order valence-electron chi connectivity index (χ4n) is 8.88. The predicted octanol–water partition coefficient (Wildman–Crippen LogP) is 7.86. The van der Waals surface area contributed by atoms with E-state index in [0.717, 1.165) is 61.0 Å². The molecule has 1 N–H and O–H groups in total. The van der Waals surface area contributed by atoms with Crippen LogP contribution in [0.15, 0.2) is 84.0 Å². The number of Topliss-reactive ketones (excluding diaryl/α,β-unsaturated/α-hetero) is 2. The van der Waals surface area contributed by atoms with Gasteiger partial charge in [0.15, 0.2) is 5.82 Å². The summed E-state index contributed by atoms with van der Waals surface area (Å²) in [5.74, 6) is 2.85. The highest BCUT2D eigenvalue weighted by Gasteiger charge is 2.33. The molecule has 3 aliphatic rings. The summed E-state index contributed by atoms with van der Waals surface area (Å²) in [4.78, 5) is 52.3. The molecule has 2 aliphatic heterocycles. The zero-order chi connectivity index (χ0) is 48.6. The number of pyridine rings is 1. The van der Waals surface area contributed by atoms with Gasteiger partial charge in [-0.15, -0.1) is 21.5 Å². The van der Waals surface area contributed by atoms with Crippen molar-refractivity contribution >= 4 is 65.4 Å². The lowest BCUT2D eigenvalue weighted by Crippen LogP contribution is -2.40. The molecule has 1 saturated heterocycles. The second-order valence-electron chi connectivity index (χ2n) is 17.5. The van der Waals surface area contributed by atoms with Crippen LogP contribution in [0.2, 0.25) is 5.02 Å². The molecule has 18 heteroatoms. The average Bonchev–Trinajstić information content (AvgIpc) is 4.01. The van der Waals surface area contributed by atoms with Crippen LogP contribution < -0.4 is 10.1 Å². The Morgan fingerprint density at radius 3 is 2.27 bits per heavy atom. The summed E-state index contributed by atoms with van der Waals surface area (Å²) < 4.78 is 30.6. The normalized spacial score (nSPS) is 15.0. The second kappa shape index (κ2) is 24.1. The van der Waals surface area contributed by atoms with E-state index in [4.69, 9.17) is 40.3 Å². The molecule has 1 amide bonds. The third-order valence-electron chi connectivity index (χ3n) is 12.6. The number of carbonyl (C=O) groups is 3. The van der Waals surface area contributed by atoms with Gasteiger partial charge in [-0.05, 0) is 78.9 Å². The van der Waals surface area contributed by atoms with Crippen molar-refractivity contribution in [2.75, 3.05) is 84.4 Å². The predicted molar refractivity (Wildman–Crippen MR) is 279 cm³/mol. The molecule has 0 saturated carbocycles. The number of hydrogen-bond acceptors (Lipinski definition) is 14. The second-order valence-corrected chi connectivity index (χ2v) is 19.1. The van der Waals surface area contributed by atoms with Crippen LogP contribution in [0.1, 0.15) is 72.7 Å². The van der Waals surface area contributed by atoms with Crippen LogP contribution in [-0.2, 0) is 47.8 Å². The Kier molecular flexibility index (Phi) is 17.5. The number of aliphatic imine (C=N–C) groups is 1. The van der Waals surface area contributed by atoms with Gasteiger partial charge in [0.25, 0.3) is 5.91 Å². The molecule has 3 aromatic carbocycles. The van der Waals surface area contributed by atoms with E-state index in [1.807, 2.05) is 78.6 Å². The molecular formula is C53H58ClN7O8S2. The van der Waals surface area contributed by atoms with E-state index >= 15 is 0 Å². The van der Waals surface area contributed by atoms with Crippen molar-refractivity contribution in [3.05, 3.63) is 139 Å². The van der Waals surface area contributed by atoms with Crippen LogP contribution in [0, 0.1) is 20.8 Å². The van der Waals surface area contributed by atoms with E-state index < -0.39 is 6.04 Å². The zero-order valence-electron chi connectivity index (χ0n) is 40.1. The van der Waals surface area contributed by atoms with Crippen molar-refractivity contribution in [2.24, 2.45) is 4.99 Å². The van der Waals surface area contributed by atoms with Gasteiger partial charge >= 0.3 is 0 Å². The van der Waals surface area contributed by atoms with Crippen LogP contribution in [-0.4, -0.2) is 127 Å². The quantitative estimate of drug-likeness (QED) is 0.0695. The van der Waals surface area contributed by atoms with Gasteiger partial charge in [0, 0.05) is 78.1 Å². The SMILES string of the molecule is Cc1sc2c(c1C)C(c1ccc(Cl)cc1)=N[C@@H](CC(=O)Cc1ccc(OCCOCCOCCOCCNc3cc(C(=O)N4CCOCC4)c(-c4ccc5c(c4)CC(=O)C5)cn3)cc1)c1nnc(C)n1-2.S. The third kappa shape index (κ3) is 12.5. The zero-order valence-corrected chi connectivity index (χ0v) is 42.7. The number of ether oxygens (including phenoxy) is 5. The molecule has 0 radical (unpaired) electrons. The Morgan fingerprint density at radius 2 is 1.52 bits per heavy atom. The number of benzene rings is 3. The molecule has 3 aromatic heterocycles. The average molecular weight is 1020 g/mol. The van der Waals surface area contributed by atoms with Gasteiger partial charge in [-0.25, -0.2) is 4.98 Å². The number of carbonyl (C=O) groups excluding carboxylic acids is 3. The highest BCUT2D eigenvalue weighted by atomic mass is 35.5. The molecule has 15 nitrogen and oxygen atoms in total. The molecule has 1 fully saturated rings. The molecule has 0 bridgehead atoms. The molecule has 71 heavy (non-hydrogen) atoms. The summed E-state index contributed by atoms with van der Waals surface area (Å²) >= 11 is 7.94. The minimum Gasteiger partial charge on any atom is -0.491 e. The molecule has 0 spiro atoms. The number of fused-ring (bicyclic) bond motifs is 4. The van der Waals surface area contributed by atoms with E-state index in [-0.39, 0.29) is 43.8 Å². The molecule has 1 aliphatic carbocycles. The summed E-state index contributed by atoms with van der Waals surface area (Å²) in [5, 5.41) is 13.9. The van der Waals surface area contributed by atoms with Gasteiger partial charge < -0.3 is 33.9 Å². The Bertz CT molecular complexity index is 2880. The summed E-state index contributed by atoms with van der Waals surface area (Å²) in [6.07, 6.45) is 3.02. The number of nitrogens with zero attached hydrogens (tertiary/aromatic N) is 6. The lowest BCUT2D eigenvalue weighted by molar-refractivity contribution is -0.119. The molecule has 5 heterocycles. The Labute approximate surface area is 429 Å². The van der Waals surface area contributed by atoms with Gasteiger partial charge in [0.05, 0.1) is 64.1 Å². The van der Waals surface area contributed by atoms with Gasteiger partial charge in [0.2, 0.25) is 0 Å². The maximum absolute atomic E-state index is 13.7. The maximum Gasteiger partial charge on any atom is 0.254 e. The standard InChI is InChI=1S/C53H56ClN7O8S.H2S/c1-33-34(2)70-53-49(33)50(37-8-10-41(54)11-9-37)57-47(51-59-58-35(3)61(51)53)30-42(62)26-36-4-12-44(13-5-36)69-25-24-68-23-22-67-21-20-65-17-14-55-48-31-45(52(64)60-15-18-66-19-16-60)46(32-56-48)39-7-6-38-28-43(63)29-40(38)27-39;/h4-13,27,31-32,47H,14-26,28-30H2,1-3H3,(H,55,56);1H2/t47-;/m0./s1. The molecule has 9 rings (SSSR count). The van der Waals surface area contributed by atoms with Crippen LogP contribution in [0.3, 0.4) is 0 Å². The van der Waals surface area contributed by atoms with Crippen LogP contribution >= 0.6 is 36.4 Å². The van der Waals surface area contributed by atoms with Gasteiger partial charge in [0.1, 0.15) is 46.6 Å². The Morgan fingerprint density at radius 1 is 0.831 bits per heavy atom. The summed E-state index contributed by atoms with van der Waals surface area (Å²) in [6.45, 7) is 11.6. The minimum atomic E-state index is -0.518. The number of aryl methyl sites for hydroxylation is 2. The molecule has 372 valence electrons. The number of aromatic nitrogens is 4. The van der Waals surface area contributed by atoms with Crippen molar-refractivity contribution in [3.63, 3.8) is 0 Å². The first kappa shape index (κ1) is 51.6. The van der Waals surface area contributed by atoms with Crippen molar-refractivity contribution < 1.29 is 38.1 Å². The van der Waals surface area contributed by atoms with Crippen LogP contribution in [0.5, 0.6) is 5.75 Å². The molecule has 0 unspecified atom stereocenters. The van der Waals surface area contributed by atoms with Crippen molar-refractivity contribution in [2.45, 2.75) is 52.5 Å². The number of amides is 1.